The lowest BCUT2D eigenvalue weighted by Gasteiger charge is -2.12. The van der Waals surface area contributed by atoms with E-state index < -0.39 is 21.5 Å². The first kappa shape index (κ1) is 19.6. The molecule has 0 unspecified atom stereocenters. The summed E-state index contributed by atoms with van der Waals surface area (Å²) in [5.41, 5.74) is 2.13. The zero-order chi connectivity index (χ0) is 20.0. The van der Waals surface area contributed by atoms with Crippen molar-refractivity contribution in [1.29, 1.82) is 0 Å². The van der Waals surface area contributed by atoms with E-state index in [2.05, 4.69) is 5.32 Å². The van der Waals surface area contributed by atoms with Crippen molar-refractivity contribution in [3.63, 3.8) is 0 Å². The molecule has 3 aromatic carbocycles. The minimum atomic E-state index is -3.67. The minimum absolute atomic E-state index is 0.280. The molecular formula is C22H21NO4S. The molecule has 0 saturated heterocycles. The molecule has 5 nitrogen and oxygen atoms in total. The standard InChI is InChI=1S/C22H21NO4S/c1-17-11-13-19(14-12-17)23-22(24)16-28(25,26)15-18-7-5-6-10-21(18)27-20-8-3-2-4-9-20/h2-14H,15-16H2,1H3,(H,23,24). The van der Waals surface area contributed by atoms with Gasteiger partial charge in [0.1, 0.15) is 17.3 Å². The third-order valence-corrected chi connectivity index (χ3v) is 5.46. The van der Waals surface area contributed by atoms with Gasteiger partial charge in [0, 0.05) is 11.3 Å². The predicted molar refractivity (Wildman–Crippen MR) is 110 cm³/mol. The van der Waals surface area contributed by atoms with Crippen LogP contribution in [-0.2, 0) is 20.4 Å². The Kier molecular flexibility index (Phi) is 6.11. The van der Waals surface area contributed by atoms with Gasteiger partial charge >= 0.3 is 0 Å². The number of amides is 1. The Morgan fingerprint density at radius 3 is 2.25 bits per heavy atom. The van der Waals surface area contributed by atoms with Crippen molar-refractivity contribution in [3.05, 3.63) is 90.0 Å². The summed E-state index contributed by atoms with van der Waals surface area (Å²) in [6.07, 6.45) is 0. The SMILES string of the molecule is Cc1ccc(NC(=O)CS(=O)(=O)Cc2ccccc2Oc2ccccc2)cc1. The van der Waals surface area contributed by atoms with Gasteiger partial charge in [-0.05, 0) is 37.3 Å². The molecule has 0 atom stereocenters. The molecule has 0 radical (unpaired) electrons. The minimum Gasteiger partial charge on any atom is -0.457 e. The number of nitrogens with one attached hydrogen (secondary N) is 1. The van der Waals surface area contributed by atoms with Crippen LogP contribution in [0.15, 0.2) is 78.9 Å². The largest absolute Gasteiger partial charge is 0.457 e. The maximum Gasteiger partial charge on any atom is 0.239 e. The van der Waals surface area contributed by atoms with Crippen LogP contribution in [0.1, 0.15) is 11.1 Å². The molecule has 3 aromatic rings. The van der Waals surface area contributed by atoms with E-state index in [0.29, 0.717) is 22.7 Å². The Hall–Kier alpha value is -3.12. The predicted octanol–water partition coefficient (Wildman–Crippen LogP) is 4.34. The molecule has 6 heteroatoms. The van der Waals surface area contributed by atoms with E-state index in [4.69, 9.17) is 4.74 Å². The number of para-hydroxylation sites is 2. The summed E-state index contributed by atoms with van der Waals surface area (Å²) in [6, 6.07) is 23.2. The van der Waals surface area contributed by atoms with E-state index >= 15 is 0 Å². The van der Waals surface area contributed by atoms with Gasteiger partial charge in [-0.15, -0.1) is 0 Å². The lowest BCUT2D eigenvalue weighted by Crippen LogP contribution is -2.24. The molecule has 0 aliphatic heterocycles. The number of sulfone groups is 1. The first-order valence-electron chi connectivity index (χ1n) is 8.79. The van der Waals surface area contributed by atoms with Crippen LogP contribution in [-0.4, -0.2) is 20.1 Å². The normalized spacial score (nSPS) is 11.0. The summed E-state index contributed by atoms with van der Waals surface area (Å²) >= 11 is 0. The number of carbonyl (C=O) groups excluding carboxylic acids is 1. The van der Waals surface area contributed by atoms with E-state index in [0.717, 1.165) is 5.56 Å². The smallest absolute Gasteiger partial charge is 0.239 e. The molecule has 0 aliphatic carbocycles. The summed E-state index contributed by atoms with van der Waals surface area (Å²) in [5.74, 6) is -0.372. The van der Waals surface area contributed by atoms with Crippen LogP contribution in [0, 0.1) is 6.92 Å². The molecule has 0 bridgehead atoms. The van der Waals surface area contributed by atoms with E-state index in [1.807, 2.05) is 37.3 Å². The number of carbonyl (C=O) groups is 1. The molecule has 1 N–H and O–H groups in total. The molecule has 0 fully saturated rings. The molecule has 0 aliphatic rings. The first-order chi connectivity index (χ1) is 13.4. The summed E-state index contributed by atoms with van der Waals surface area (Å²) in [4.78, 5) is 12.2. The quantitative estimate of drug-likeness (QED) is 0.646. The van der Waals surface area contributed by atoms with Gasteiger partial charge in [-0.3, -0.25) is 4.79 Å². The van der Waals surface area contributed by atoms with Gasteiger partial charge in [0.05, 0.1) is 5.75 Å². The van der Waals surface area contributed by atoms with Gasteiger partial charge in [-0.1, -0.05) is 54.1 Å². The van der Waals surface area contributed by atoms with Gasteiger partial charge < -0.3 is 10.1 Å². The Labute approximate surface area is 164 Å². The van der Waals surface area contributed by atoms with Crippen LogP contribution in [0.5, 0.6) is 11.5 Å². The number of benzene rings is 3. The molecule has 0 heterocycles. The van der Waals surface area contributed by atoms with Gasteiger partial charge in [-0.25, -0.2) is 8.42 Å². The average molecular weight is 395 g/mol. The van der Waals surface area contributed by atoms with Crippen LogP contribution < -0.4 is 10.1 Å². The number of aryl methyl sites for hydroxylation is 1. The van der Waals surface area contributed by atoms with Crippen LogP contribution in [0.3, 0.4) is 0 Å². The molecule has 0 aromatic heterocycles. The van der Waals surface area contributed by atoms with Crippen LogP contribution >= 0.6 is 0 Å². The molecule has 28 heavy (non-hydrogen) atoms. The Balaban J connectivity index is 1.68. The fraction of sp³-hybridized carbons (Fsp3) is 0.136. The second-order valence-corrected chi connectivity index (χ2v) is 8.53. The van der Waals surface area contributed by atoms with Crippen molar-refractivity contribution < 1.29 is 17.9 Å². The molecule has 0 saturated carbocycles. The lowest BCUT2D eigenvalue weighted by atomic mass is 10.2. The third-order valence-electron chi connectivity index (χ3n) is 4.01. The van der Waals surface area contributed by atoms with Crippen LogP contribution in [0.2, 0.25) is 0 Å². The van der Waals surface area contributed by atoms with Gasteiger partial charge in [0.25, 0.3) is 0 Å². The van der Waals surface area contributed by atoms with Crippen molar-refractivity contribution >= 4 is 21.4 Å². The van der Waals surface area contributed by atoms with Gasteiger partial charge in [0.15, 0.2) is 9.84 Å². The molecule has 3 rings (SSSR count). The summed E-state index contributed by atoms with van der Waals surface area (Å²) in [6.45, 7) is 1.94. The Bertz CT molecular complexity index is 1050. The number of hydrogen-bond donors (Lipinski definition) is 1. The second-order valence-electron chi connectivity index (χ2n) is 6.47. The highest BCUT2D eigenvalue weighted by atomic mass is 32.2. The Morgan fingerprint density at radius 1 is 0.893 bits per heavy atom. The highest BCUT2D eigenvalue weighted by Crippen LogP contribution is 2.26. The first-order valence-corrected chi connectivity index (χ1v) is 10.6. The third kappa shape index (κ3) is 5.69. The average Bonchev–Trinajstić information content (AvgIpc) is 2.65. The second kappa shape index (κ2) is 8.71. The van der Waals surface area contributed by atoms with Gasteiger partial charge in [-0.2, -0.15) is 0 Å². The maximum atomic E-state index is 12.5. The van der Waals surface area contributed by atoms with Crippen molar-refractivity contribution in [3.8, 4) is 11.5 Å². The summed E-state index contributed by atoms with van der Waals surface area (Å²) < 4.78 is 30.9. The summed E-state index contributed by atoms with van der Waals surface area (Å²) in [5, 5.41) is 2.62. The van der Waals surface area contributed by atoms with Gasteiger partial charge in [0.2, 0.25) is 5.91 Å². The Morgan fingerprint density at radius 2 is 1.54 bits per heavy atom. The van der Waals surface area contributed by atoms with Crippen molar-refractivity contribution in [2.45, 2.75) is 12.7 Å². The summed E-state index contributed by atoms with van der Waals surface area (Å²) in [7, 11) is -3.67. The number of ether oxygens (including phenoxy) is 1. The topological polar surface area (TPSA) is 72.5 Å². The molecule has 0 spiro atoms. The monoisotopic (exact) mass is 395 g/mol. The number of hydrogen-bond acceptors (Lipinski definition) is 4. The fourth-order valence-electron chi connectivity index (χ4n) is 2.66. The van der Waals surface area contributed by atoms with Crippen LogP contribution in [0.25, 0.3) is 0 Å². The van der Waals surface area contributed by atoms with Crippen molar-refractivity contribution in [2.24, 2.45) is 0 Å². The number of anilines is 1. The van der Waals surface area contributed by atoms with E-state index in [9.17, 15) is 13.2 Å². The zero-order valence-electron chi connectivity index (χ0n) is 15.5. The molecular weight excluding hydrogens is 374 g/mol. The van der Waals surface area contributed by atoms with E-state index in [1.165, 1.54) is 0 Å². The highest BCUT2D eigenvalue weighted by molar-refractivity contribution is 7.91. The molecule has 1 amide bonds. The molecule has 144 valence electrons. The van der Waals surface area contributed by atoms with Crippen LogP contribution in [0.4, 0.5) is 5.69 Å². The zero-order valence-corrected chi connectivity index (χ0v) is 16.3. The number of rotatable bonds is 7. The van der Waals surface area contributed by atoms with E-state index in [1.54, 1.807) is 48.5 Å². The highest BCUT2D eigenvalue weighted by Gasteiger charge is 2.20. The fourth-order valence-corrected chi connectivity index (χ4v) is 3.95. The van der Waals surface area contributed by atoms with Crippen molar-refractivity contribution in [2.75, 3.05) is 11.1 Å². The van der Waals surface area contributed by atoms with E-state index in [-0.39, 0.29) is 5.75 Å². The maximum absolute atomic E-state index is 12.5. The lowest BCUT2D eigenvalue weighted by molar-refractivity contribution is -0.113. The van der Waals surface area contributed by atoms with Crippen molar-refractivity contribution in [1.82, 2.24) is 0 Å².